The number of fused-ring (bicyclic) bond motifs is 15. The Labute approximate surface area is 364 Å². The molecule has 0 atom stereocenters. The molecule has 294 valence electrons. The Kier molecular flexibility index (Phi) is 6.61. The van der Waals surface area contributed by atoms with Crippen molar-refractivity contribution in [2.24, 2.45) is 0 Å². The highest BCUT2D eigenvalue weighted by Gasteiger charge is 2.45. The molecule has 0 saturated carbocycles. The Morgan fingerprint density at radius 2 is 1.35 bits per heavy atom. The highest BCUT2D eigenvalue weighted by atomic mass is 32.1. The number of rotatable bonds is 2. The van der Waals surface area contributed by atoms with E-state index in [1.54, 1.807) is 0 Å². The Morgan fingerprint density at radius 3 is 2.19 bits per heavy atom. The van der Waals surface area contributed by atoms with Crippen LogP contribution in [0.25, 0.3) is 92.0 Å². The third kappa shape index (κ3) is 4.41. The summed E-state index contributed by atoms with van der Waals surface area (Å²) in [5.41, 5.74) is 21.2. The van der Waals surface area contributed by atoms with Crippen molar-refractivity contribution in [3.8, 4) is 39.1 Å². The van der Waals surface area contributed by atoms with E-state index in [0.717, 1.165) is 22.1 Å². The molecule has 11 aromatic rings. The summed E-state index contributed by atoms with van der Waals surface area (Å²) in [6, 6.07) is 57.7. The van der Waals surface area contributed by atoms with E-state index in [0.29, 0.717) is 0 Å². The molecule has 62 heavy (non-hydrogen) atoms. The van der Waals surface area contributed by atoms with Gasteiger partial charge in [-0.25, -0.2) is 0 Å². The van der Waals surface area contributed by atoms with Crippen LogP contribution in [-0.2, 0) is 10.8 Å². The molecule has 0 unspecified atom stereocenters. The summed E-state index contributed by atoms with van der Waals surface area (Å²) in [7, 11) is 0. The minimum Gasteiger partial charge on any atom is -0.464 e. The van der Waals surface area contributed by atoms with E-state index in [2.05, 4.69) is 196 Å². The van der Waals surface area contributed by atoms with Crippen LogP contribution in [0.1, 0.15) is 51.3 Å². The maximum Gasteiger partial charge on any atom is 0.333 e. The van der Waals surface area contributed by atoms with E-state index in [-0.39, 0.29) is 17.7 Å². The minimum absolute atomic E-state index is 0.0371. The fourth-order valence-electron chi connectivity index (χ4n) is 11.6. The van der Waals surface area contributed by atoms with E-state index < -0.39 is 0 Å². The number of nitrogens with zero attached hydrogens (tertiary/aromatic N) is 2. The molecule has 2 aliphatic heterocycles. The summed E-state index contributed by atoms with van der Waals surface area (Å²) in [4.78, 5) is 2.65. The van der Waals surface area contributed by atoms with Crippen LogP contribution < -0.4 is 15.7 Å². The summed E-state index contributed by atoms with van der Waals surface area (Å²) in [6.45, 7) is 11.6. The SMILES string of the molecule is CC(C)(C)c1ccc(N2B3c4cc5occ(-c6ccccc6)c5cc4-n4c5cc6c(cc5c5ccc(c3c54)-c3cc4c(cc32)sc2ccccc24)C(C)(C)c2ccccc2-6)cc1. The summed E-state index contributed by atoms with van der Waals surface area (Å²) < 4.78 is 11.8. The first-order chi connectivity index (χ1) is 30.1. The van der Waals surface area contributed by atoms with Crippen LogP contribution in [0.2, 0.25) is 0 Å². The number of aromatic nitrogens is 1. The van der Waals surface area contributed by atoms with Crippen LogP contribution >= 0.6 is 11.3 Å². The molecule has 8 aromatic carbocycles. The van der Waals surface area contributed by atoms with Crippen molar-refractivity contribution in [1.82, 2.24) is 4.57 Å². The number of benzene rings is 8. The molecule has 0 bridgehead atoms. The van der Waals surface area contributed by atoms with Crippen LogP contribution in [0.4, 0.5) is 11.4 Å². The summed E-state index contributed by atoms with van der Waals surface area (Å²) >= 11 is 1.89. The van der Waals surface area contributed by atoms with E-state index >= 15 is 0 Å². The number of anilines is 2. The largest absolute Gasteiger partial charge is 0.464 e. The molecule has 3 nitrogen and oxygen atoms in total. The molecule has 0 radical (unpaired) electrons. The van der Waals surface area contributed by atoms with Crippen molar-refractivity contribution in [2.45, 2.75) is 45.4 Å². The zero-order valence-electron chi connectivity index (χ0n) is 35.3. The highest BCUT2D eigenvalue weighted by molar-refractivity contribution is 7.25. The normalized spacial score (nSPS) is 14.6. The van der Waals surface area contributed by atoms with E-state index in [9.17, 15) is 0 Å². The first-order valence-electron chi connectivity index (χ1n) is 21.9. The van der Waals surface area contributed by atoms with Gasteiger partial charge in [-0.15, -0.1) is 11.3 Å². The number of furan rings is 1. The van der Waals surface area contributed by atoms with E-state index in [1.165, 1.54) is 109 Å². The molecule has 5 heterocycles. The molecule has 0 spiro atoms. The van der Waals surface area contributed by atoms with Gasteiger partial charge in [-0.05, 0) is 110 Å². The first-order valence-corrected chi connectivity index (χ1v) is 22.7. The maximum atomic E-state index is 6.59. The van der Waals surface area contributed by atoms with Crippen molar-refractivity contribution in [2.75, 3.05) is 4.81 Å². The second kappa shape index (κ2) is 11.8. The summed E-state index contributed by atoms with van der Waals surface area (Å²) in [5, 5.41) is 6.36. The van der Waals surface area contributed by atoms with Gasteiger partial charge in [-0.2, -0.15) is 0 Å². The van der Waals surface area contributed by atoms with Crippen molar-refractivity contribution < 1.29 is 4.42 Å². The zero-order valence-corrected chi connectivity index (χ0v) is 36.1. The zero-order chi connectivity index (χ0) is 41.4. The lowest BCUT2D eigenvalue weighted by molar-refractivity contribution is 0.590. The van der Waals surface area contributed by atoms with Gasteiger partial charge in [0.05, 0.1) is 17.3 Å². The standard InChI is InChI=1S/C57H41BN2OS/c1-56(2,3)33-19-21-34(22-20-33)60-49-30-53-43(36-16-10-12-18-52(36)62-53)25-40(49)37-23-24-38-41-26-46-39(35-15-9-11-17-45(35)57(46,4)5)27-48(41)59-50-28-42-44(32-13-7-6-8-14-32)31-61-51(42)29-47(50)58(60)54(37)55(38)59/h6-31H,1-5H3. The molecule has 14 rings (SSSR count). The number of thiophene rings is 1. The van der Waals surface area contributed by atoms with Crippen molar-refractivity contribution >= 4 is 93.4 Å². The molecular formula is C57H41BN2OS. The van der Waals surface area contributed by atoms with Gasteiger partial charge < -0.3 is 13.8 Å². The molecule has 0 amide bonds. The molecule has 1 aliphatic carbocycles. The van der Waals surface area contributed by atoms with Crippen LogP contribution in [0.3, 0.4) is 0 Å². The Morgan fingerprint density at radius 1 is 0.565 bits per heavy atom. The van der Waals surface area contributed by atoms with Crippen LogP contribution in [0.5, 0.6) is 0 Å². The van der Waals surface area contributed by atoms with Gasteiger partial charge in [-0.1, -0.05) is 132 Å². The summed E-state index contributed by atoms with van der Waals surface area (Å²) in [5.74, 6) is 0. The third-order valence-corrected chi connectivity index (χ3v) is 15.7. The van der Waals surface area contributed by atoms with Gasteiger partial charge >= 0.3 is 6.85 Å². The van der Waals surface area contributed by atoms with Gasteiger partial charge in [-0.3, -0.25) is 0 Å². The van der Waals surface area contributed by atoms with Gasteiger partial charge in [0.25, 0.3) is 0 Å². The Balaban J connectivity index is 1.15. The highest BCUT2D eigenvalue weighted by Crippen LogP contribution is 2.53. The Bertz CT molecular complexity index is 3770. The molecule has 3 aliphatic rings. The lowest BCUT2D eigenvalue weighted by atomic mass is 9.44. The molecule has 5 heteroatoms. The fourth-order valence-corrected chi connectivity index (χ4v) is 12.7. The average Bonchev–Trinajstić information content (AvgIpc) is 4.02. The van der Waals surface area contributed by atoms with Crippen LogP contribution in [-0.4, -0.2) is 11.4 Å². The maximum absolute atomic E-state index is 6.59. The lowest BCUT2D eigenvalue weighted by Gasteiger charge is -2.42. The van der Waals surface area contributed by atoms with Gasteiger partial charge in [0.1, 0.15) is 5.58 Å². The molecule has 0 saturated heterocycles. The van der Waals surface area contributed by atoms with Crippen LogP contribution in [0.15, 0.2) is 162 Å². The predicted octanol–water partition coefficient (Wildman–Crippen LogP) is 14.4. The third-order valence-electron chi connectivity index (χ3n) is 14.6. The average molecular weight is 813 g/mol. The van der Waals surface area contributed by atoms with E-state index in [1.807, 2.05) is 17.6 Å². The van der Waals surface area contributed by atoms with E-state index in [4.69, 9.17) is 4.42 Å². The number of hydrogen-bond acceptors (Lipinski definition) is 3. The second-order valence-electron chi connectivity index (χ2n) is 19.3. The fraction of sp³-hybridized carbons (Fsp3) is 0.123. The minimum atomic E-state index is -0.112. The second-order valence-corrected chi connectivity index (χ2v) is 20.4. The molecular weight excluding hydrogens is 772 g/mol. The predicted molar refractivity (Wildman–Crippen MR) is 264 cm³/mol. The summed E-state index contributed by atoms with van der Waals surface area (Å²) in [6.07, 6.45) is 1.95. The number of hydrogen-bond donors (Lipinski definition) is 0. The van der Waals surface area contributed by atoms with Crippen LogP contribution in [0, 0.1) is 0 Å². The Hall–Kier alpha value is -6.82. The van der Waals surface area contributed by atoms with Crippen molar-refractivity contribution in [1.29, 1.82) is 0 Å². The van der Waals surface area contributed by atoms with Gasteiger partial charge in [0.15, 0.2) is 0 Å². The molecule has 3 aromatic heterocycles. The van der Waals surface area contributed by atoms with Crippen molar-refractivity contribution in [3.63, 3.8) is 0 Å². The topological polar surface area (TPSA) is 21.3 Å². The smallest absolute Gasteiger partial charge is 0.333 e. The van der Waals surface area contributed by atoms with Crippen molar-refractivity contribution in [3.05, 3.63) is 175 Å². The monoisotopic (exact) mass is 812 g/mol. The molecule has 0 fully saturated rings. The van der Waals surface area contributed by atoms with Gasteiger partial charge in [0, 0.05) is 69.9 Å². The molecule has 0 N–H and O–H groups in total. The first kappa shape index (κ1) is 34.8. The van der Waals surface area contributed by atoms with Gasteiger partial charge in [0.2, 0.25) is 0 Å². The lowest BCUT2D eigenvalue weighted by Crippen LogP contribution is -2.60. The quantitative estimate of drug-likeness (QED) is 0.162.